The van der Waals surface area contributed by atoms with E-state index in [1.165, 1.54) is 19.2 Å². The molecule has 0 heterocycles. The van der Waals surface area contributed by atoms with Gasteiger partial charge in [-0.3, -0.25) is 0 Å². The molecule has 4 nitrogen and oxygen atoms in total. The summed E-state index contributed by atoms with van der Waals surface area (Å²) < 4.78 is 5.67. The molecule has 2 N–H and O–H groups in total. The molecule has 6 heteroatoms. The number of ether oxygens (including phenoxy) is 1. The molecule has 1 aromatic rings. The van der Waals surface area contributed by atoms with Gasteiger partial charge in [-0.05, 0) is 34.1 Å². The van der Waals surface area contributed by atoms with Gasteiger partial charge < -0.3 is 15.3 Å². The molecule has 0 radical (unpaired) electrons. The molecule has 0 atom stereocenters. The van der Waals surface area contributed by atoms with Crippen molar-refractivity contribution in [2.75, 3.05) is 7.11 Å². The van der Waals surface area contributed by atoms with Crippen LogP contribution >= 0.6 is 15.9 Å². The number of aromatic carboxylic acids is 1. The molecular formula is C8H8BrKO4. The monoisotopic (exact) mass is 286 g/mol. The maximum absolute atomic E-state index is 10.5. The summed E-state index contributed by atoms with van der Waals surface area (Å²) in [5.41, 5.74) is 0.218. The van der Waals surface area contributed by atoms with E-state index >= 15 is 0 Å². The Bertz CT molecular complexity index is 316. The van der Waals surface area contributed by atoms with E-state index in [1.54, 1.807) is 6.07 Å². The Labute approximate surface area is 133 Å². The summed E-state index contributed by atoms with van der Waals surface area (Å²) in [6.45, 7) is 0. The van der Waals surface area contributed by atoms with Gasteiger partial charge in [-0.1, -0.05) is 0 Å². The van der Waals surface area contributed by atoms with Crippen molar-refractivity contribution in [1.29, 1.82) is 0 Å². The quantitative estimate of drug-likeness (QED) is 0.707. The van der Waals surface area contributed by atoms with Crippen LogP contribution in [0.15, 0.2) is 22.7 Å². The summed E-state index contributed by atoms with van der Waals surface area (Å²) >= 11 is 3.22. The summed E-state index contributed by atoms with van der Waals surface area (Å²) in [7, 11) is 1.49. The van der Waals surface area contributed by atoms with Crippen LogP contribution in [-0.2, 0) is 0 Å². The van der Waals surface area contributed by atoms with Crippen molar-refractivity contribution in [1.82, 2.24) is 0 Å². The molecule has 72 valence electrons. The maximum atomic E-state index is 10.5. The van der Waals surface area contributed by atoms with Gasteiger partial charge in [-0.25, -0.2) is 4.79 Å². The van der Waals surface area contributed by atoms with E-state index in [4.69, 9.17) is 9.84 Å². The summed E-state index contributed by atoms with van der Waals surface area (Å²) in [6.07, 6.45) is 0. The first-order valence-corrected chi connectivity index (χ1v) is 4.01. The van der Waals surface area contributed by atoms with Crippen molar-refractivity contribution >= 4 is 21.9 Å². The van der Waals surface area contributed by atoms with Gasteiger partial charge in [0.15, 0.2) is 0 Å². The van der Waals surface area contributed by atoms with E-state index in [9.17, 15) is 4.79 Å². The molecule has 0 bridgehead atoms. The van der Waals surface area contributed by atoms with Crippen LogP contribution < -0.4 is 56.1 Å². The second kappa shape index (κ2) is 7.81. The number of carboxylic acids is 1. The molecule has 0 unspecified atom stereocenters. The second-order valence-corrected chi connectivity index (χ2v) is 3.01. The minimum Gasteiger partial charge on any atom is -0.870 e. The first-order chi connectivity index (χ1) is 5.65. The van der Waals surface area contributed by atoms with Crippen molar-refractivity contribution < 1.29 is 71.5 Å². The molecule has 1 aromatic carbocycles. The van der Waals surface area contributed by atoms with Crippen LogP contribution in [0.5, 0.6) is 5.75 Å². The van der Waals surface area contributed by atoms with Crippen LogP contribution in [0, 0.1) is 0 Å². The third kappa shape index (κ3) is 4.39. The Balaban J connectivity index is 0. The SMILES string of the molecule is COc1cc(C(=O)O)ccc1Br.[K+].[OH-]. The Morgan fingerprint density at radius 1 is 1.50 bits per heavy atom. The number of methoxy groups -OCH3 is 1. The number of benzene rings is 1. The van der Waals surface area contributed by atoms with E-state index in [2.05, 4.69) is 15.9 Å². The predicted molar refractivity (Wildman–Crippen MR) is 49.6 cm³/mol. The number of carbonyl (C=O) groups is 1. The van der Waals surface area contributed by atoms with Crippen molar-refractivity contribution in [2.45, 2.75) is 0 Å². The fraction of sp³-hybridized carbons (Fsp3) is 0.125. The zero-order valence-electron chi connectivity index (χ0n) is 7.82. The molecule has 0 aliphatic carbocycles. The van der Waals surface area contributed by atoms with Crippen LogP contribution in [0.4, 0.5) is 0 Å². The number of halogens is 1. The molecular weight excluding hydrogens is 279 g/mol. The van der Waals surface area contributed by atoms with Crippen LogP contribution in [0.3, 0.4) is 0 Å². The molecule has 0 amide bonds. The number of hydrogen-bond donors (Lipinski definition) is 1. The molecule has 0 aromatic heterocycles. The minimum atomic E-state index is -0.958. The van der Waals surface area contributed by atoms with Gasteiger partial charge in [0.05, 0.1) is 17.1 Å². The van der Waals surface area contributed by atoms with Gasteiger partial charge in [0, 0.05) is 0 Å². The van der Waals surface area contributed by atoms with Crippen LogP contribution in [-0.4, -0.2) is 23.7 Å². The molecule has 0 aliphatic heterocycles. The second-order valence-electron chi connectivity index (χ2n) is 2.15. The molecule has 0 saturated carbocycles. The zero-order chi connectivity index (χ0) is 9.14. The fourth-order valence-electron chi connectivity index (χ4n) is 0.793. The Morgan fingerprint density at radius 2 is 2.07 bits per heavy atom. The van der Waals surface area contributed by atoms with E-state index in [0.717, 1.165) is 4.47 Å². The third-order valence-corrected chi connectivity index (χ3v) is 2.05. The van der Waals surface area contributed by atoms with Crippen molar-refractivity contribution in [3.05, 3.63) is 28.2 Å². The standard InChI is InChI=1S/C8H7BrO3.K.H2O/c1-12-7-4-5(8(10)11)2-3-6(7)9;;/h2-4H,1H3,(H,10,11);;1H2/q;+1;/p-1. The summed E-state index contributed by atoms with van der Waals surface area (Å²) in [4.78, 5) is 10.5. The van der Waals surface area contributed by atoms with Gasteiger partial charge >= 0.3 is 57.4 Å². The Hall–Kier alpha value is 0.566. The van der Waals surface area contributed by atoms with Crippen molar-refractivity contribution in [3.63, 3.8) is 0 Å². The number of hydrogen-bond acceptors (Lipinski definition) is 3. The molecule has 0 spiro atoms. The molecule has 0 saturated heterocycles. The van der Waals surface area contributed by atoms with Crippen molar-refractivity contribution in [3.8, 4) is 5.75 Å². The third-order valence-electron chi connectivity index (χ3n) is 1.40. The maximum Gasteiger partial charge on any atom is 1.00 e. The minimum absolute atomic E-state index is 0. The zero-order valence-corrected chi connectivity index (χ0v) is 12.5. The summed E-state index contributed by atoms with van der Waals surface area (Å²) in [6, 6.07) is 4.61. The average molecular weight is 287 g/mol. The largest absolute Gasteiger partial charge is 1.00 e. The van der Waals surface area contributed by atoms with Crippen LogP contribution in [0.2, 0.25) is 0 Å². The number of carboxylic acid groups (broad SMARTS) is 1. The Morgan fingerprint density at radius 3 is 2.50 bits per heavy atom. The first kappa shape index (κ1) is 17.0. The molecule has 14 heavy (non-hydrogen) atoms. The topological polar surface area (TPSA) is 76.5 Å². The van der Waals surface area contributed by atoms with Crippen LogP contribution in [0.1, 0.15) is 10.4 Å². The van der Waals surface area contributed by atoms with Gasteiger partial charge in [-0.15, -0.1) is 0 Å². The van der Waals surface area contributed by atoms with E-state index in [1.807, 2.05) is 0 Å². The van der Waals surface area contributed by atoms with E-state index < -0.39 is 5.97 Å². The van der Waals surface area contributed by atoms with E-state index in [0.29, 0.717) is 5.75 Å². The Kier molecular flexibility index (Phi) is 9.47. The summed E-state index contributed by atoms with van der Waals surface area (Å²) in [5.74, 6) is -0.435. The van der Waals surface area contributed by atoms with Gasteiger partial charge in [0.25, 0.3) is 0 Å². The predicted octanol–water partition coefficient (Wildman–Crippen LogP) is -1.02. The summed E-state index contributed by atoms with van der Waals surface area (Å²) in [5, 5.41) is 8.62. The van der Waals surface area contributed by atoms with Crippen molar-refractivity contribution in [2.24, 2.45) is 0 Å². The van der Waals surface area contributed by atoms with E-state index in [-0.39, 0.29) is 62.4 Å². The fourth-order valence-corrected chi connectivity index (χ4v) is 1.20. The molecule has 0 aliphatic rings. The normalized spacial score (nSPS) is 8.14. The van der Waals surface area contributed by atoms with Gasteiger partial charge in [0.1, 0.15) is 5.75 Å². The van der Waals surface area contributed by atoms with Gasteiger partial charge in [-0.2, -0.15) is 0 Å². The number of rotatable bonds is 2. The smallest absolute Gasteiger partial charge is 0.870 e. The van der Waals surface area contributed by atoms with Gasteiger partial charge in [0.2, 0.25) is 0 Å². The molecule has 0 fully saturated rings. The first-order valence-electron chi connectivity index (χ1n) is 3.22. The average Bonchev–Trinajstić information content (AvgIpc) is 2.05. The molecule has 1 rings (SSSR count). The van der Waals surface area contributed by atoms with Crippen LogP contribution in [0.25, 0.3) is 0 Å².